The normalized spacial score (nSPS) is 17.1. The summed E-state index contributed by atoms with van der Waals surface area (Å²) < 4.78 is 6.67. The molecule has 0 spiro atoms. The van der Waals surface area contributed by atoms with Crippen LogP contribution in [0.15, 0.2) is 6.07 Å². The molecular formula is C15H26N4O2. The minimum atomic E-state index is -0.126. The van der Waals surface area contributed by atoms with Crippen LogP contribution < -0.4 is 0 Å². The Morgan fingerprint density at radius 3 is 2.52 bits per heavy atom. The average Bonchev–Trinajstić information content (AvgIpc) is 2.86. The third-order valence-corrected chi connectivity index (χ3v) is 4.10. The van der Waals surface area contributed by atoms with Crippen LogP contribution in [0, 0.1) is 0 Å². The van der Waals surface area contributed by atoms with E-state index in [4.69, 9.17) is 0 Å². The third-order valence-electron chi connectivity index (χ3n) is 4.10. The molecule has 2 rings (SSSR count). The Labute approximate surface area is 126 Å². The van der Waals surface area contributed by atoms with Crippen molar-refractivity contribution in [3.05, 3.63) is 17.5 Å². The van der Waals surface area contributed by atoms with E-state index in [2.05, 4.69) is 32.6 Å². The van der Waals surface area contributed by atoms with Gasteiger partial charge in [0.2, 0.25) is 0 Å². The van der Waals surface area contributed by atoms with Crippen LogP contribution in [-0.4, -0.2) is 65.4 Å². The van der Waals surface area contributed by atoms with Crippen LogP contribution in [0.2, 0.25) is 0 Å². The van der Waals surface area contributed by atoms with E-state index in [0.717, 1.165) is 51.4 Å². The number of rotatable bonds is 6. The number of ether oxygens (including phenoxy) is 1. The van der Waals surface area contributed by atoms with Gasteiger partial charge in [-0.2, -0.15) is 5.10 Å². The standard InChI is InChI=1S/C15H26N4O2/c1-4-13-11-14(17(2)16-13)12-19-9-7-18(8-10-19)6-5-15(20)21-3/h11H,4-10,12H2,1-3H3. The Morgan fingerprint density at radius 1 is 1.29 bits per heavy atom. The average molecular weight is 294 g/mol. The Kier molecular flexibility index (Phi) is 5.76. The molecule has 0 aromatic carbocycles. The summed E-state index contributed by atoms with van der Waals surface area (Å²) in [5, 5.41) is 4.50. The zero-order valence-corrected chi connectivity index (χ0v) is 13.3. The minimum absolute atomic E-state index is 0.126. The van der Waals surface area contributed by atoms with Crippen LogP contribution in [0.25, 0.3) is 0 Å². The number of piperazine rings is 1. The maximum atomic E-state index is 11.2. The maximum Gasteiger partial charge on any atom is 0.306 e. The molecule has 1 aliphatic rings. The van der Waals surface area contributed by atoms with Gasteiger partial charge in [0.1, 0.15) is 0 Å². The first-order valence-corrected chi connectivity index (χ1v) is 7.65. The van der Waals surface area contributed by atoms with Crippen molar-refractivity contribution in [2.45, 2.75) is 26.3 Å². The number of hydrogen-bond donors (Lipinski definition) is 0. The predicted molar refractivity (Wildman–Crippen MR) is 80.9 cm³/mol. The van der Waals surface area contributed by atoms with Gasteiger partial charge >= 0.3 is 5.97 Å². The van der Waals surface area contributed by atoms with E-state index in [9.17, 15) is 4.79 Å². The van der Waals surface area contributed by atoms with Crippen molar-refractivity contribution in [3.63, 3.8) is 0 Å². The molecule has 1 aliphatic heterocycles. The van der Waals surface area contributed by atoms with E-state index in [1.165, 1.54) is 12.8 Å². The molecule has 1 aromatic heterocycles. The summed E-state index contributed by atoms with van der Waals surface area (Å²) in [5.74, 6) is -0.126. The van der Waals surface area contributed by atoms with Crippen molar-refractivity contribution >= 4 is 5.97 Å². The molecule has 2 heterocycles. The van der Waals surface area contributed by atoms with Crippen molar-refractivity contribution in [3.8, 4) is 0 Å². The quantitative estimate of drug-likeness (QED) is 0.722. The van der Waals surface area contributed by atoms with Gasteiger partial charge in [0.05, 0.1) is 24.9 Å². The molecule has 0 aliphatic carbocycles. The fourth-order valence-electron chi connectivity index (χ4n) is 2.64. The Balaban J connectivity index is 1.76. The highest BCUT2D eigenvalue weighted by Gasteiger charge is 2.18. The highest BCUT2D eigenvalue weighted by atomic mass is 16.5. The van der Waals surface area contributed by atoms with Gasteiger partial charge in [0.15, 0.2) is 0 Å². The molecule has 0 saturated carbocycles. The molecule has 0 N–H and O–H groups in total. The van der Waals surface area contributed by atoms with Gasteiger partial charge in [-0.05, 0) is 12.5 Å². The lowest BCUT2D eigenvalue weighted by Gasteiger charge is -2.34. The number of methoxy groups -OCH3 is 1. The molecule has 0 atom stereocenters. The fraction of sp³-hybridized carbons (Fsp3) is 0.733. The molecule has 1 saturated heterocycles. The second-order valence-corrected chi connectivity index (χ2v) is 5.55. The van der Waals surface area contributed by atoms with Gasteiger partial charge in [-0.15, -0.1) is 0 Å². The zero-order chi connectivity index (χ0) is 15.2. The van der Waals surface area contributed by atoms with Crippen LogP contribution in [0.1, 0.15) is 24.7 Å². The van der Waals surface area contributed by atoms with E-state index >= 15 is 0 Å². The van der Waals surface area contributed by atoms with Crippen LogP contribution in [-0.2, 0) is 29.5 Å². The van der Waals surface area contributed by atoms with Gasteiger partial charge in [-0.25, -0.2) is 0 Å². The first kappa shape index (κ1) is 16.0. The summed E-state index contributed by atoms with van der Waals surface area (Å²) in [6, 6.07) is 2.20. The summed E-state index contributed by atoms with van der Waals surface area (Å²) in [4.78, 5) is 15.9. The summed E-state index contributed by atoms with van der Waals surface area (Å²) in [6.07, 6.45) is 1.47. The van der Waals surface area contributed by atoms with Crippen molar-refractivity contribution in [2.75, 3.05) is 39.8 Å². The van der Waals surface area contributed by atoms with Crippen molar-refractivity contribution in [1.29, 1.82) is 0 Å². The first-order chi connectivity index (χ1) is 10.1. The molecule has 6 nitrogen and oxygen atoms in total. The van der Waals surface area contributed by atoms with E-state index in [1.807, 2.05) is 11.7 Å². The molecular weight excluding hydrogens is 268 g/mol. The zero-order valence-electron chi connectivity index (χ0n) is 13.3. The highest BCUT2D eigenvalue weighted by Crippen LogP contribution is 2.10. The van der Waals surface area contributed by atoms with Crippen LogP contribution in [0.4, 0.5) is 0 Å². The highest BCUT2D eigenvalue weighted by molar-refractivity contribution is 5.69. The number of aromatic nitrogens is 2. The predicted octanol–water partition coefficient (Wildman–Crippen LogP) is 0.663. The van der Waals surface area contributed by atoms with Gasteiger partial charge in [-0.3, -0.25) is 14.4 Å². The van der Waals surface area contributed by atoms with Gasteiger partial charge in [-0.1, -0.05) is 6.92 Å². The molecule has 0 amide bonds. The van der Waals surface area contributed by atoms with Crippen molar-refractivity contribution < 1.29 is 9.53 Å². The largest absolute Gasteiger partial charge is 0.469 e. The fourth-order valence-corrected chi connectivity index (χ4v) is 2.64. The lowest BCUT2D eigenvalue weighted by atomic mass is 10.2. The molecule has 118 valence electrons. The lowest BCUT2D eigenvalue weighted by Crippen LogP contribution is -2.46. The second-order valence-electron chi connectivity index (χ2n) is 5.55. The van der Waals surface area contributed by atoms with Gasteiger partial charge in [0, 0.05) is 46.3 Å². The first-order valence-electron chi connectivity index (χ1n) is 7.65. The molecule has 21 heavy (non-hydrogen) atoms. The van der Waals surface area contributed by atoms with E-state index in [1.54, 1.807) is 0 Å². The smallest absolute Gasteiger partial charge is 0.306 e. The summed E-state index contributed by atoms with van der Waals surface area (Å²) in [5.41, 5.74) is 2.43. The third kappa shape index (κ3) is 4.54. The van der Waals surface area contributed by atoms with E-state index < -0.39 is 0 Å². The number of aryl methyl sites for hydroxylation is 2. The number of carbonyl (C=O) groups is 1. The lowest BCUT2D eigenvalue weighted by molar-refractivity contribution is -0.141. The SMILES string of the molecule is CCc1cc(CN2CCN(CCC(=O)OC)CC2)n(C)n1. The monoisotopic (exact) mass is 294 g/mol. The Bertz CT molecular complexity index is 464. The summed E-state index contributed by atoms with van der Waals surface area (Å²) >= 11 is 0. The topological polar surface area (TPSA) is 50.6 Å². The number of esters is 1. The summed E-state index contributed by atoms with van der Waals surface area (Å²) in [6.45, 7) is 7.97. The molecule has 0 bridgehead atoms. The number of hydrogen-bond acceptors (Lipinski definition) is 5. The van der Waals surface area contributed by atoms with E-state index in [-0.39, 0.29) is 5.97 Å². The summed E-state index contributed by atoms with van der Waals surface area (Å²) in [7, 11) is 3.46. The number of carbonyl (C=O) groups excluding carboxylic acids is 1. The molecule has 1 aromatic rings. The van der Waals surface area contributed by atoms with Gasteiger partial charge in [0.25, 0.3) is 0 Å². The maximum absolute atomic E-state index is 11.2. The minimum Gasteiger partial charge on any atom is -0.469 e. The van der Waals surface area contributed by atoms with Crippen LogP contribution >= 0.6 is 0 Å². The Morgan fingerprint density at radius 2 is 1.95 bits per heavy atom. The molecule has 0 unspecified atom stereocenters. The van der Waals surface area contributed by atoms with Crippen LogP contribution in [0.5, 0.6) is 0 Å². The Hall–Kier alpha value is -1.40. The van der Waals surface area contributed by atoms with E-state index in [0.29, 0.717) is 6.42 Å². The number of nitrogens with zero attached hydrogens (tertiary/aromatic N) is 4. The molecule has 0 radical (unpaired) electrons. The van der Waals surface area contributed by atoms with Gasteiger partial charge < -0.3 is 9.64 Å². The van der Waals surface area contributed by atoms with Crippen LogP contribution in [0.3, 0.4) is 0 Å². The second kappa shape index (κ2) is 7.56. The van der Waals surface area contributed by atoms with Crippen molar-refractivity contribution in [1.82, 2.24) is 19.6 Å². The molecule has 1 fully saturated rings. The molecule has 6 heteroatoms. The van der Waals surface area contributed by atoms with Crippen molar-refractivity contribution in [2.24, 2.45) is 7.05 Å².